The smallest absolute Gasteiger partial charge is 0.323 e. The third kappa shape index (κ3) is 6.56. The molecule has 0 heterocycles. The van der Waals surface area contributed by atoms with Crippen molar-refractivity contribution in [2.24, 2.45) is 11.1 Å². The number of aliphatic hydroxyl groups excluding tert-OH is 2. The number of amides is 1. The molecule has 2 atom stereocenters. The van der Waals surface area contributed by atoms with Gasteiger partial charge < -0.3 is 26.0 Å². The Labute approximate surface area is 124 Å². The lowest BCUT2D eigenvalue weighted by Crippen LogP contribution is -2.45. The summed E-state index contributed by atoms with van der Waals surface area (Å²) in [6.45, 7) is 3.23. The maximum absolute atomic E-state index is 11.6. The predicted molar refractivity (Wildman–Crippen MR) is 77.3 cm³/mol. The maximum Gasteiger partial charge on any atom is 0.323 e. The van der Waals surface area contributed by atoms with Crippen LogP contribution in [-0.2, 0) is 14.3 Å². The number of rotatable bonds is 9. The molecule has 118 valence electrons. The van der Waals surface area contributed by atoms with Crippen LogP contribution in [0.25, 0.3) is 0 Å². The Balaban J connectivity index is 3.86. The first-order valence-electron chi connectivity index (χ1n) is 6.36. The quantitative estimate of drug-likeness (QED) is 0.204. The molecule has 0 aliphatic heterocycles. The van der Waals surface area contributed by atoms with Gasteiger partial charge in [-0.3, -0.25) is 9.59 Å². The second-order valence-electron chi connectivity index (χ2n) is 5.15. The fourth-order valence-corrected chi connectivity index (χ4v) is 1.33. The maximum atomic E-state index is 11.6. The fraction of sp³-hybridized carbons (Fsp3) is 0.833. The van der Waals surface area contributed by atoms with Crippen LogP contribution in [-0.4, -0.2) is 59.7 Å². The molecule has 1 unspecified atom stereocenters. The zero-order valence-electron chi connectivity index (χ0n) is 11.8. The fourth-order valence-electron chi connectivity index (χ4n) is 1.18. The summed E-state index contributed by atoms with van der Waals surface area (Å²) in [5.74, 6) is -0.895. The molecule has 0 rings (SSSR count). The minimum atomic E-state index is -1.30. The van der Waals surface area contributed by atoms with Gasteiger partial charge >= 0.3 is 5.97 Å². The van der Waals surface area contributed by atoms with Crippen LogP contribution < -0.4 is 11.1 Å². The normalized spacial score (nSPS) is 14.5. The van der Waals surface area contributed by atoms with Crippen LogP contribution in [0.3, 0.4) is 0 Å². The molecular formula is C12H24N2O5S. The number of thiol groups is 1. The summed E-state index contributed by atoms with van der Waals surface area (Å²) in [6.07, 6.45) is -0.893. The number of ether oxygens (including phenoxy) is 1. The summed E-state index contributed by atoms with van der Waals surface area (Å²) >= 11 is 3.87. The molecule has 0 radical (unpaired) electrons. The van der Waals surface area contributed by atoms with Crippen molar-refractivity contribution in [3.8, 4) is 0 Å². The van der Waals surface area contributed by atoms with E-state index in [0.717, 1.165) is 0 Å². The zero-order chi connectivity index (χ0) is 15.8. The van der Waals surface area contributed by atoms with Gasteiger partial charge in [0.15, 0.2) is 0 Å². The van der Waals surface area contributed by atoms with Crippen molar-refractivity contribution in [3.05, 3.63) is 0 Å². The van der Waals surface area contributed by atoms with Gasteiger partial charge in [0.2, 0.25) is 5.91 Å². The summed E-state index contributed by atoms with van der Waals surface area (Å²) in [5, 5.41) is 21.3. The molecule has 20 heavy (non-hydrogen) atoms. The highest BCUT2D eigenvalue weighted by Crippen LogP contribution is 2.19. The molecular weight excluding hydrogens is 284 g/mol. The Morgan fingerprint density at radius 1 is 1.45 bits per heavy atom. The van der Waals surface area contributed by atoms with Crippen LogP contribution in [0.15, 0.2) is 0 Å². The predicted octanol–water partition coefficient (Wildman–Crippen LogP) is -1.33. The largest absolute Gasteiger partial charge is 0.464 e. The van der Waals surface area contributed by atoms with Gasteiger partial charge in [-0.1, -0.05) is 13.8 Å². The van der Waals surface area contributed by atoms with Gasteiger partial charge in [0, 0.05) is 17.7 Å². The highest BCUT2D eigenvalue weighted by molar-refractivity contribution is 7.80. The van der Waals surface area contributed by atoms with E-state index in [0.29, 0.717) is 6.42 Å². The minimum Gasteiger partial charge on any atom is -0.464 e. The van der Waals surface area contributed by atoms with Crippen LogP contribution in [0, 0.1) is 5.41 Å². The number of nitrogens with one attached hydrogen (secondary N) is 1. The molecule has 8 heteroatoms. The third-order valence-electron chi connectivity index (χ3n) is 2.76. The summed E-state index contributed by atoms with van der Waals surface area (Å²) < 4.78 is 4.86. The van der Waals surface area contributed by atoms with Crippen molar-refractivity contribution < 1.29 is 24.5 Å². The number of carbonyl (C=O) groups excluding carboxylic acids is 2. The Bertz CT molecular complexity index is 325. The van der Waals surface area contributed by atoms with Crippen molar-refractivity contribution in [1.82, 2.24) is 5.32 Å². The van der Waals surface area contributed by atoms with Gasteiger partial charge in [0.1, 0.15) is 12.1 Å². The van der Waals surface area contributed by atoms with Crippen molar-refractivity contribution in [1.29, 1.82) is 0 Å². The van der Waals surface area contributed by atoms with Crippen LogP contribution >= 0.6 is 12.6 Å². The van der Waals surface area contributed by atoms with E-state index in [1.54, 1.807) is 13.8 Å². The Morgan fingerprint density at radius 3 is 2.55 bits per heavy atom. The van der Waals surface area contributed by atoms with Crippen LogP contribution in [0.2, 0.25) is 0 Å². The lowest BCUT2D eigenvalue weighted by molar-refractivity contribution is -0.144. The van der Waals surface area contributed by atoms with E-state index in [1.165, 1.54) is 0 Å². The van der Waals surface area contributed by atoms with Crippen molar-refractivity contribution >= 4 is 24.5 Å². The molecule has 0 saturated carbocycles. The summed E-state index contributed by atoms with van der Waals surface area (Å²) in [7, 11) is 0. The molecule has 0 aliphatic carbocycles. The number of hydrogen-bond donors (Lipinski definition) is 5. The van der Waals surface area contributed by atoms with Gasteiger partial charge in [0.05, 0.1) is 13.2 Å². The SMILES string of the molecule is CC(C)(CO)C(O)C(=O)NCCCOC(=O)[C@@H](N)CS. The van der Waals surface area contributed by atoms with E-state index in [2.05, 4.69) is 17.9 Å². The first-order chi connectivity index (χ1) is 9.26. The Morgan fingerprint density at radius 2 is 2.05 bits per heavy atom. The first kappa shape index (κ1) is 19.2. The summed E-state index contributed by atoms with van der Waals surface area (Å²) in [4.78, 5) is 22.8. The van der Waals surface area contributed by atoms with Crippen molar-refractivity contribution in [3.63, 3.8) is 0 Å². The van der Waals surface area contributed by atoms with Crippen molar-refractivity contribution in [2.75, 3.05) is 25.5 Å². The Kier molecular flexibility index (Phi) is 8.79. The molecule has 0 spiro atoms. The standard InChI is InChI=1S/C12H24N2O5S/c1-12(2,7-15)9(16)10(17)14-4-3-5-19-11(18)8(13)6-20/h8-9,15-16,20H,3-7,13H2,1-2H3,(H,14,17)/t8-,9?/m0/s1. The van der Waals surface area contributed by atoms with Crippen LogP contribution in [0.1, 0.15) is 20.3 Å². The molecule has 0 aromatic heterocycles. The van der Waals surface area contributed by atoms with E-state index in [1.807, 2.05) is 0 Å². The second kappa shape index (κ2) is 9.17. The lowest BCUT2D eigenvalue weighted by Gasteiger charge is -2.27. The van der Waals surface area contributed by atoms with Gasteiger partial charge in [-0.2, -0.15) is 12.6 Å². The number of carbonyl (C=O) groups is 2. The van der Waals surface area contributed by atoms with E-state index < -0.39 is 29.4 Å². The average molecular weight is 308 g/mol. The monoisotopic (exact) mass is 308 g/mol. The van der Waals surface area contributed by atoms with Gasteiger partial charge in [0.25, 0.3) is 0 Å². The molecule has 5 N–H and O–H groups in total. The molecule has 0 aromatic rings. The van der Waals surface area contributed by atoms with E-state index >= 15 is 0 Å². The van der Waals surface area contributed by atoms with E-state index in [9.17, 15) is 14.7 Å². The number of nitrogens with two attached hydrogens (primary N) is 1. The highest BCUT2D eigenvalue weighted by atomic mass is 32.1. The molecule has 7 nitrogen and oxygen atoms in total. The first-order valence-corrected chi connectivity index (χ1v) is 6.99. The van der Waals surface area contributed by atoms with Crippen molar-refractivity contribution in [2.45, 2.75) is 32.4 Å². The number of aliphatic hydroxyl groups is 2. The van der Waals surface area contributed by atoms with E-state index in [-0.39, 0.29) is 25.5 Å². The number of hydrogen-bond acceptors (Lipinski definition) is 7. The number of esters is 1. The zero-order valence-corrected chi connectivity index (χ0v) is 12.7. The molecule has 0 saturated heterocycles. The molecule has 0 aromatic carbocycles. The minimum absolute atomic E-state index is 0.125. The van der Waals surface area contributed by atoms with Crippen LogP contribution in [0.5, 0.6) is 0 Å². The molecule has 0 fully saturated rings. The Hall–Kier alpha value is -0.830. The van der Waals surface area contributed by atoms with Gasteiger partial charge in [-0.25, -0.2) is 0 Å². The topological polar surface area (TPSA) is 122 Å². The molecule has 0 aliphatic rings. The molecule has 0 bridgehead atoms. The lowest BCUT2D eigenvalue weighted by atomic mass is 9.87. The summed E-state index contributed by atoms with van der Waals surface area (Å²) in [5.41, 5.74) is 4.50. The third-order valence-corrected chi connectivity index (χ3v) is 3.15. The second-order valence-corrected chi connectivity index (χ2v) is 5.52. The van der Waals surface area contributed by atoms with Gasteiger partial charge in [-0.15, -0.1) is 0 Å². The van der Waals surface area contributed by atoms with Crippen LogP contribution in [0.4, 0.5) is 0 Å². The summed E-state index contributed by atoms with van der Waals surface area (Å²) in [6, 6.07) is -0.750. The average Bonchev–Trinajstić information content (AvgIpc) is 2.44. The van der Waals surface area contributed by atoms with Gasteiger partial charge in [-0.05, 0) is 6.42 Å². The highest BCUT2D eigenvalue weighted by Gasteiger charge is 2.32. The van der Waals surface area contributed by atoms with E-state index in [4.69, 9.17) is 15.6 Å². The molecule has 1 amide bonds.